The summed E-state index contributed by atoms with van der Waals surface area (Å²) in [4.78, 5) is 13.9. The number of carbonyl (C=O) groups excluding carboxylic acids is 1. The van der Waals surface area contributed by atoms with Crippen molar-refractivity contribution in [3.63, 3.8) is 0 Å². The second-order valence-electron chi connectivity index (χ2n) is 6.47. The number of hydrogen-bond acceptors (Lipinski definition) is 4. The van der Waals surface area contributed by atoms with E-state index in [1.807, 2.05) is 19.9 Å². The fourth-order valence-electron chi connectivity index (χ4n) is 3.46. The maximum absolute atomic E-state index is 13.2. The van der Waals surface area contributed by atoms with E-state index in [4.69, 9.17) is 4.74 Å². The number of nitrogens with one attached hydrogen (secondary N) is 1. The number of hydrogen-bond donors (Lipinski definition) is 1. The van der Waals surface area contributed by atoms with Gasteiger partial charge in [-0.2, -0.15) is 4.31 Å². The van der Waals surface area contributed by atoms with Crippen LogP contribution in [0, 0.1) is 6.92 Å². The SMILES string of the molecule is CCOc1ccc(C)cc1S(=O)(=O)N1CCCC(N2CCNC2=O)C1. The molecular weight excluding hydrogens is 342 g/mol. The number of benzene rings is 1. The molecule has 1 atom stereocenters. The molecule has 2 aliphatic rings. The van der Waals surface area contributed by atoms with Crippen LogP contribution in [0.3, 0.4) is 0 Å². The standard InChI is InChI=1S/C17H25N3O4S/c1-3-24-15-7-6-13(2)11-16(15)25(22,23)19-9-4-5-14(12-19)20-10-8-18-17(20)21/h6-7,11,14H,3-5,8-10,12H2,1-2H3,(H,18,21). The van der Waals surface area contributed by atoms with Crippen molar-refractivity contribution in [2.45, 2.75) is 37.6 Å². The molecular formula is C17H25N3O4S. The summed E-state index contributed by atoms with van der Waals surface area (Å²) in [5, 5.41) is 2.78. The average molecular weight is 367 g/mol. The second-order valence-corrected chi connectivity index (χ2v) is 8.37. The fourth-order valence-corrected chi connectivity index (χ4v) is 5.19. The monoisotopic (exact) mass is 367 g/mol. The number of nitrogens with zero attached hydrogens (tertiary/aromatic N) is 2. The van der Waals surface area contributed by atoms with E-state index in [9.17, 15) is 13.2 Å². The Labute approximate surface area is 149 Å². The van der Waals surface area contributed by atoms with Gasteiger partial charge in [-0.1, -0.05) is 6.07 Å². The zero-order valence-corrected chi connectivity index (χ0v) is 15.5. The van der Waals surface area contributed by atoms with Crippen LogP contribution >= 0.6 is 0 Å². The van der Waals surface area contributed by atoms with Gasteiger partial charge in [-0.25, -0.2) is 13.2 Å². The first kappa shape index (κ1) is 18.0. The number of rotatable bonds is 5. The normalized spacial score (nSPS) is 22.1. The summed E-state index contributed by atoms with van der Waals surface area (Å²) in [5.74, 6) is 0.383. The molecule has 2 amide bonds. The summed E-state index contributed by atoms with van der Waals surface area (Å²) in [6.07, 6.45) is 1.56. The summed E-state index contributed by atoms with van der Waals surface area (Å²) in [6.45, 7) is 6.15. The van der Waals surface area contributed by atoms with Crippen LogP contribution in [-0.4, -0.2) is 62.5 Å². The molecule has 2 heterocycles. The van der Waals surface area contributed by atoms with Gasteiger partial charge >= 0.3 is 6.03 Å². The molecule has 1 aromatic carbocycles. The van der Waals surface area contributed by atoms with Crippen LogP contribution in [0.4, 0.5) is 4.79 Å². The zero-order valence-electron chi connectivity index (χ0n) is 14.7. The Bertz CT molecular complexity index is 750. The maximum atomic E-state index is 13.2. The number of piperidine rings is 1. The van der Waals surface area contributed by atoms with Gasteiger partial charge in [0.25, 0.3) is 0 Å². The summed E-state index contributed by atoms with van der Waals surface area (Å²) >= 11 is 0. The van der Waals surface area contributed by atoms with Gasteiger partial charge in [0.05, 0.1) is 6.61 Å². The van der Waals surface area contributed by atoms with Crippen LogP contribution in [0.25, 0.3) is 0 Å². The molecule has 1 aromatic rings. The van der Waals surface area contributed by atoms with Gasteiger partial charge in [0.2, 0.25) is 10.0 Å². The van der Waals surface area contributed by atoms with Gasteiger partial charge in [-0.3, -0.25) is 0 Å². The summed E-state index contributed by atoms with van der Waals surface area (Å²) in [7, 11) is -3.67. The van der Waals surface area contributed by atoms with E-state index in [1.165, 1.54) is 4.31 Å². The summed E-state index contributed by atoms with van der Waals surface area (Å²) < 4.78 is 33.4. The van der Waals surface area contributed by atoms with Crippen molar-refractivity contribution < 1.29 is 17.9 Å². The number of ether oxygens (including phenoxy) is 1. The van der Waals surface area contributed by atoms with Crippen molar-refractivity contribution in [2.24, 2.45) is 0 Å². The van der Waals surface area contributed by atoms with Gasteiger partial charge in [0.15, 0.2) is 0 Å². The number of carbonyl (C=O) groups is 1. The highest BCUT2D eigenvalue weighted by Crippen LogP contribution is 2.30. The van der Waals surface area contributed by atoms with E-state index in [-0.39, 0.29) is 17.0 Å². The molecule has 1 unspecified atom stereocenters. The first-order chi connectivity index (χ1) is 11.9. The highest BCUT2D eigenvalue weighted by atomic mass is 32.2. The third kappa shape index (κ3) is 3.59. The van der Waals surface area contributed by atoms with Crippen molar-refractivity contribution in [2.75, 3.05) is 32.8 Å². The van der Waals surface area contributed by atoms with Crippen molar-refractivity contribution in [1.29, 1.82) is 0 Å². The van der Waals surface area contributed by atoms with Gasteiger partial charge in [0.1, 0.15) is 10.6 Å². The Morgan fingerprint density at radius 3 is 2.80 bits per heavy atom. The Morgan fingerprint density at radius 2 is 2.12 bits per heavy atom. The summed E-state index contributed by atoms with van der Waals surface area (Å²) in [5.41, 5.74) is 0.870. The minimum Gasteiger partial charge on any atom is -0.492 e. The molecule has 0 aliphatic carbocycles. The Kier molecular flexibility index (Phi) is 5.19. The first-order valence-electron chi connectivity index (χ1n) is 8.71. The van der Waals surface area contributed by atoms with E-state index < -0.39 is 10.0 Å². The predicted molar refractivity (Wildman–Crippen MR) is 94.2 cm³/mol. The van der Waals surface area contributed by atoms with Gasteiger partial charge < -0.3 is 15.0 Å². The minimum absolute atomic E-state index is 0.0774. The van der Waals surface area contributed by atoms with Crippen LogP contribution in [0.2, 0.25) is 0 Å². The van der Waals surface area contributed by atoms with E-state index in [0.717, 1.165) is 18.4 Å². The largest absolute Gasteiger partial charge is 0.492 e. The lowest BCUT2D eigenvalue weighted by atomic mass is 10.1. The molecule has 1 N–H and O–H groups in total. The quantitative estimate of drug-likeness (QED) is 0.857. The highest BCUT2D eigenvalue weighted by Gasteiger charge is 2.37. The Hall–Kier alpha value is -1.80. The summed E-state index contributed by atoms with van der Waals surface area (Å²) in [6, 6.07) is 5.03. The van der Waals surface area contributed by atoms with Gasteiger partial charge in [-0.05, 0) is 44.4 Å². The van der Waals surface area contributed by atoms with Crippen LogP contribution in [0.1, 0.15) is 25.3 Å². The van der Waals surface area contributed by atoms with Crippen molar-refractivity contribution in [1.82, 2.24) is 14.5 Å². The molecule has 0 spiro atoms. The minimum atomic E-state index is -3.67. The smallest absolute Gasteiger partial charge is 0.317 e. The molecule has 138 valence electrons. The molecule has 8 heteroatoms. The molecule has 0 saturated carbocycles. The second kappa shape index (κ2) is 7.21. The van der Waals surface area contributed by atoms with Crippen LogP contribution in [-0.2, 0) is 10.0 Å². The van der Waals surface area contributed by atoms with Gasteiger partial charge in [0, 0.05) is 32.2 Å². The molecule has 0 aromatic heterocycles. The van der Waals surface area contributed by atoms with E-state index >= 15 is 0 Å². The molecule has 0 radical (unpaired) electrons. The lowest BCUT2D eigenvalue weighted by molar-refractivity contribution is 0.163. The molecule has 2 fully saturated rings. The lowest BCUT2D eigenvalue weighted by Gasteiger charge is -2.36. The fraction of sp³-hybridized carbons (Fsp3) is 0.588. The zero-order chi connectivity index (χ0) is 18.0. The maximum Gasteiger partial charge on any atom is 0.317 e. The Balaban J connectivity index is 1.87. The first-order valence-corrected chi connectivity index (χ1v) is 10.2. The van der Waals surface area contributed by atoms with Gasteiger partial charge in [-0.15, -0.1) is 0 Å². The highest BCUT2D eigenvalue weighted by molar-refractivity contribution is 7.89. The average Bonchev–Trinajstić information content (AvgIpc) is 3.03. The van der Waals surface area contributed by atoms with Crippen LogP contribution in [0.15, 0.2) is 23.1 Å². The third-order valence-electron chi connectivity index (χ3n) is 4.71. The molecule has 25 heavy (non-hydrogen) atoms. The van der Waals surface area contributed by atoms with Crippen LogP contribution in [0.5, 0.6) is 5.75 Å². The topological polar surface area (TPSA) is 79.0 Å². The lowest BCUT2D eigenvalue weighted by Crippen LogP contribution is -2.50. The van der Waals surface area contributed by atoms with E-state index in [2.05, 4.69) is 5.32 Å². The van der Waals surface area contributed by atoms with E-state index in [0.29, 0.717) is 38.5 Å². The predicted octanol–water partition coefficient (Wildman–Crippen LogP) is 1.57. The van der Waals surface area contributed by atoms with Crippen molar-refractivity contribution >= 4 is 16.1 Å². The van der Waals surface area contributed by atoms with Crippen molar-refractivity contribution in [3.8, 4) is 5.75 Å². The number of urea groups is 1. The van der Waals surface area contributed by atoms with Crippen LogP contribution < -0.4 is 10.1 Å². The molecule has 3 rings (SSSR count). The molecule has 7 nitrogen and oxygen atoms in total. The molecule has 2 saturated heterocycles. The number of amides is 2. The van der Waals surface area contributed by atoms with Crippen molar-refractivity contribution in [3.05, 3.63) is 23.8 Å². The third-order valence-corrected chi connectivity index (χ3v) is 6.59. The number of aryl methyl sites for hydroxylation is 1. The Morgan fingerprint density at radius 1 is 1.32 bits per heavy atom. The molecule has 2 aliphatic heterocycles. The molecule has 0 bridgehead atoms. The number of sulfonamides is 1. The van der Waals surface area contributed by atoms with E-state index in [1.54, 1.807) is 17.0 Å².